The number of hydrogen-bond donors (Lipinski definition) is 2. The molecule has 2 heterocycles. The molecule has 6 nitrogen and oxygen atoms in total. The van der Waals surface area contributed by atoms with Crippen LogP contribution in [0.3, 0.4) is 0 Å². The number of benzene rings is 1. The number of rotatable bonds is 9. The summed E-state index contributed by atoms with van der Waals surface area (Å²) in [7, 11) is 0. The Bertz CT molecular complexity index is 1040. The fourth-order valence-corrected chi connectivity index (χ4v) is 3.97. The van der Waals surface area contributed by atoms with Crippen LogP contribution < -0.4 is 16.6 Å². The average Bonchev–Trinajstić information content (AvgIpc) is 3.15. The van der Waals surface area contributed by atoms with Gasteiger partial charge in [0.2, 0.25) is 5.91 Å². The minimum atomic E-state index is -0.394. The highest BCUT2D eigenvalue weighted by Crippen LogP contribution is 2.12. The third-order valence-electron chi connectivity index (χ3n) is 4.74. The molecule has 148 valence electrons. The molecule has 0 aliphatic heterocycles. The number of amides is 1. The zero-order valence-corrected chi connectivity index (χ0v) is 16.8. The van der Waals surface area contributed by atoms with E-state index in [2.05, 4.69) is 22.4 Å². The minimum Gasteiger partial charge on any atom is -0.354 e. The molecule has 3 aromatic rings. The molecule has 0 radical (unpaired) electrons. The molecule has 3 rings (SSSR count). The van der Waals surface area contributed by atoms with Crippen LogP contribution in [0.2, 0.25) is 0 Å². The number of aromatic nitrogens is 2. The van der Waals surface area contributed by atoms with Crippen LogP contribution in [0.4, 0.5) is 0 Å². The molecule has 28 heavy (non-hydrogen) atoms. The minimum absolute atomic E-state index is 0.00975. The summed E-state index contributed by atoms with van der Waals surface area (Å²) >= 11 is 1.32. The molecule has 0 aliphatic carbocycles. The number of nitrogens with zero attached hydrogens (tertiary/aromatic N) is 1. The maximum absolute atomic E-state index is 12.3. The number of thiophene rings is 1. The Labute approximate surface area is 167 Å². The highest BCUT2D eigenvalue weighted by Gasteiger charge is 2.10. The first-order valence-corrected chi connectivity index (χ1v) is 10.5. The largest absolute Gasteiger partial charge is 0.354 e. The Kier molecular flexibility index (Phi) is 6.81. The third kappa shape index (κ3) is 5.19. The van der Waals surface area contributed by atoms with E-state index in [0.29, 0.717) is 36.0 Å². The normalized spacial score (nSPS) is 12.2. The van der Waals surface area contributed by atoms with Crippen LogP contribution in [0, 0.1) is 0 Å². The summed E-state index contributed by atoms with van der Waals surface area (Å²) in [4.78, 5) is 39.2. The predicted octanol–water partition coefficient (Wildman–Crippen LogP) is 3.06. The molecule has 0 bridgehead atoms. The summed E-state index contributed by atoms with van der Waals surface area (Å²) in [6, 6.07) is 12.1. The molecular formula is C21H25N3O3S. The molecule has 1 unspecified atom stereocenters. The summed E-state index contributed by atoms with van der Waals surface area (Å²) < 4.78 is 1.78. The fourth-order valence-electron chi connectivity index (χ4n) is 3.18. The van der Waals surface area contributed by atoms with E-state index in [1.807, 2.05) is 25.1 Å². The number of carbonyl (C=O) groups is 1. The van der Waals surface area contributed by atoms with E-state index in [1.165, 1.54) is 21.5 Å². The van der Waals surface area contributed by atoms with Gasteiger partial charge in [0, 0.05) is 19.0 Å². The Balaban J connectivity index is 1.41. The summed E-state index contributed by atoms with van der Waals surface area (Å²) in [5.41, 5.74) is 1.20. The number of carbonyl (C=O) groups excluding carboxylic acids is 1. The van der Waals surface area contributed by atoms with Gasteiger partial charge in [0.1, 0.15) is 4.70 Å². The number of fused-ring (bicyclic) bond motifs is 1. The summed E-state index contributed by atoms with van der Waals surface area (Å²) in [6.07, 6.45) is 3.45. The van der Waals surface area contributed by atoms with Gasteiger partial charge in [0.25, 0.3) is 5.56 Å². The van der Waals surface area contributed by atoms with Crippen LogP contribution in [0.25, 0.3) is 10.2 Å². The monoisotopic (exact) mass is 399 g/mol. The number of aromatic amines is 1. The Morgan fingerprint density at radius 2 is 1.96 bits per heavy atom. The van der Waals surface area contributed by atoms with E-state index >= 15 is 0 Å². The first-order chi connectivity index (χ1) is 13.5. The molecule has 0 saturated heterocycles. The second-order valence-electron chi connectivity index (χ2n) is 7.00. The summed E-state index contributed by atoms with van der Waals surface area (Å²) in [5.74, 6) is 0.00975. The van der Waals surface area contributed by atoms with Crippen molar-refractivity contribution in [2.24, 2.45) is 0 Å². The third-order valence-corrected chi connectivity index (χ3v) is 5.65. The topological polar surface area (TPSA) is 84.0 Å². The van der Waals surface area contributed by atoms with E-state index < -0.39 is 5.69 Å². The summed E-state index contributed by atoms with van der Waals surface area (Å²) in [6.45, 7) is 2.33. The van der Waals surface area contributed by atoms with E-state index in [0.717, 1.165) is 12.8 Å². The SMILES string of the molecule is CC(CCc1ccccc1)NC(=O)CCCCn1c(=O)[nH]c2ccsc2c1=O. The average molecular weight is 400 g/mol. The van der Waals surface area contributed by atoms with Crippen molar-refractivity contribution in [1.82, 2.24) is 14.9 Å². The molecule has 7 heteroatoms. The van der Waals surface area contributed by atoms with Gasteiger partial charge in [-0.3, -0.25) is 14.2 Å². The van der Waals surface area contributed by atoms with Gasteiger partial charge in [-0.05, 0) is 49.6 Å². The van der Waals surface area contributed by atoms with Gasteiger partial charge in [-0.15, -0.1) is 11.3 Å². The van der Waals surface area contributed by atoms with Gasteiger partial charge in [-0.25, -0.2) is 4.79 Å². The molecule has 0 saturated carbocycles. The van der Waals surface area contributed by atoms with Gasteiger partial charge in [-0.2, -0.15) is 0 Å². The van der Waals surface area contributed by atoms with E-state index in [9.17, 15) is 14.4 Å². The van der Waals surface area contributed by atoms with Crippen molar-refractivity contribution in [1.29, 1.82) is 0 Å². The van der Waals surface area contributed by atoms with E-state index in [4.69, 9.17) is 0 Å². The maximum atomic E-state index is 12.3. The zero-order chi connectivity index (χ0) is 19.9. The van der Waals surface area contributed by atoms with Crippen molar-refractivity contribution in [2.75, 3.05) is 0 Å². The lowest BCUT2D eigenvalue weighted by Crippen LogP contribution is -2.35. The van der Waals surface area contributed by atoms with Crippen LogP contribution in [0.1, 0.15) is 38.2 Å². The molecule has 2 N–H and O–H groups in total. The van der Waals surface area contributed by atoms with Crippen molar-refractivity contribution < 1.29 is 4.79 Å². The van der Waals surface area contributed by atoms with Crippen LogP contribution in [0.15, 0.2) is 51.4 Å². The maximum Gasteiger partial charge on any atom is 0.328 e. The number of aryl methyl sites for hydroxylation is 1. The van der Waals surface area contributed by atoms with E-state index in [-0.39, 0.29) is 17.5 Å². The molecule has 2 aromatic heterocycles. The quantitative estimate of drug-likeness (QED) is 0.543. The molecule has 1 atom stereocenters. The highest BCUT2D eigenvalue weighted by molar-refractivity contribution is 7.17. The van der Waals surface area contributed by atoms with Gasteiger partial charge in [-0.1, -0.05) is 30.3 Å². The second-order valence-corrected chi connectivity index (χ2v) is 7.92. The lowest BCUT2D eigenvalue weighted by atomic mass is 10.1. The lowest BCUT2D eigenvalue weighted by molar-refractivity contribution is -0.121. The van der Waals surface area contributed by atoms with Crippen molar-refractivity contribution in [3.05, 3.63) is 68.2 Å². The molecule has 0 aliphatic rings. The van der Waals surface area contributed by atoms with Crippen molar-refractivity contribution in [2.45, 2.75) is 51.6 Å². The van der Waals surface area contributed by atoms with Gasteiger partial charge in [0.05, 0.1) is 5.52 Å². The number of unbranched alkanes of at least 4 members (excludes halogenated alkanes) is 1. The van der Waals surface area contributed by atoms with Crippen LogP contribution in [-0.2, 0) is 17.8 Å². The van der Waals surface area contributed by atoms with Gasteiger partial charge in [0.15, 0.2) is 0 Å². The lowest BCUT2D eigenvalue weighted by Gasteiger charge is -2.14. The van der Waals surface area contributed by atoms with Crippen LogP contribution >= 0.6 is 11.3 Å². The Hall–Kier alpha value is -2.67. The molecule has 0 spiro atoms. The number of hydrogen-bond acceptors (Lipinski definition) is 4. The second kappa shape index (κ2) is 9.50. The predicted molar refractivity (Wildman–Crippen MR) is 113 cm³/mol. The first kappa shape index (κ1) is 20.1. The highest BCUT2D eigenvalue weighted by atomic mass is 32.1. The van der Waals surface area contributed by atoms with E-state index in [1.54, 1.807) is 11.4 Å². The van der Waals surface area contributed by atoms with Crippen LogP contribution in [-0.4, -0.2) is 21.5 Å². The van der Waals surface area contributed by atoms with Crippen molar-refractivity contribution in [3.8, 4) is 0 Å². The molecule has 0 fully saturated rings. The summed E-state index contributed by atoms with van der Waals surface area (Å²) in [5, 5.41) is 4.81. The molecular weight excluding hydrogens is 374 g/mol. The Morgan fingerprint density at radius 3 is 2.75 bits per heavy atom. The van der Waals surface area contributed by atoms with Crippen molar-refractivity contribution >= 4 is 27.5 Å². The number of nitrogens with one attached hydrogen (secondary N) is 2. The first-order valence-electron chi connectivity index (χ1n) is 9.58. The van der Waals surface area contributed by atoms with Gasteiger partial charge >= 0.3 is 5.69 Å². The van der Waals surface area contributed by atoms with Gasteiger partial charge < -0.3 is 10.3 Å². The zero-order valence-electron chi connectivity index (χ0n) is 15.9. The Morgan fingerprint density at radius 1 is 1.18 bits per heavy atom. The smallest absolute Gasteiger partial charge is 0.328 e. The number of H-pyrrole nitrogens is 1. The molecule has 1 aromatic carbocycles. The van der Waals surface area contributed by atoms with Crippen LogP contribution in [0.5, 0.6) is 0 Å². The molecule has 1 amide bonds. The van der Waals surface area contributed by atoms with Crippen molar-refractivity contribution in [3.63, 3.8) is 0 Å². The fraction of sp³-hybridized carbons (Fsp3) is 0.381. The standard InChI is InChI=1S/C21H25N3O3S/c1-15(10-11-16-7-3-2-4-8-16)22-18(25)9-5-6-13-24-20(26)19-17(12-14-28-19)23-21(24)27/h2-4,7-8,12,14-15H,5-6,9-11,13H2,1H3,(H,22,25)(H,23,27).